The Morgan fingerprint density at radius 1 is 1.43 bits per heavy atom. The average molecular weight is 323 g/mol. The number of aryl methyl sites for hydroxylation is 2. The molecule has 0 amide bonds. The van der Waals surface area contributed by atoms with Crippen molar-refractivity contribution in [2.45, 2.75) is 50.9 Å². The molecule has 1 saturated carbocycles. The van der Waals surface area contributed by atoms with E-state index >= 15 is 0 Å². The minimum absolute atomic E-state index is 0.00735. The maximum absolute atomic E-state index is 12.2. The van der Waals surface area contributed by atoms with Crippen LogP contribution in [0.2, 0.25) is 0 Å². The Morgan fingerprint density at radius 2 is 2.24 bits per heavy atom. The predicted octanol–water partition coefficient (Wildman–Crippen LogP) is 2.98. The van der Waals surface area contributed by atoms with Gasteiger partial charge in [0.15, 0.2) is 0 Å². The summed E-state index contributed by atoms with van der Waals surface area (Å²) in [5, 5.41) is 5.07. The maximum Gasteiger partial charge on any atom is 0.259 e. The normalized spacial score (nSPS) is 22.2. The monoisotopic (exact) mass is 323 g/mol. The van der Waals surface area contributed by atoms with Gasteiger partial charge in [-0.25, -0.2) is 4.98 Å². The van der Waals surface area contributed by atoms with Crippen LogP contribution in [0, 0.1) is 13.8 Å². The van der Waals surface area contributed by atoms with Gasteiger partial charge in [-0.05, 0) is 44.9 Å². The van der Waals surface area contributed by atoms with Crippen molar-refractivity contribution >= 4 is 33.3 Å². The number of thiophene rings is 1. The molecule has 2 aromatic rings. The third-order valence-corrected chi connectivity index (χ3v) is 6.56. The van der Waals surface area contributed by atoms with E-state index in [1.165, 1.54) is 24.1 Å². The highest BCUT2D eigenvalue weighted by Gasteiger charge is 2.23. The summed E-state index contributed by atoms with van der Waals surface area (Å²) in [6.07, 6.45) is 5.90. The molecule has 0 bridgehead atoms. The quantitative estimate of drug-likeness (QED) is 0.908. The zero-order chi connectivity index (χ0) is 15.0. The highest BCUT2D eigenvalue weighted by Crippen LogP contribution is 2.28. The van der Waals surface area contributed by atoms with E-state index in [1.807, 2.05) is 25.6 Å². The lowest BCUT2D eigenvalue weighted by atomic mass is 10.2. The van der Waals surface area contributed by atoms with Crippen LogP contribution in [0.25, 0.3) is 10.2 Å². The molecule has 0 aliphatic heterocycles. The number of H-pyrrole nitrogens is 1. The smallest absolute Gasteiger partial charge is 0.259 e. The lowest BCUT2D eigenvalue weighted by Gasteiger charge is -2.12. The molecule has 2 aromatic heterocycles. The lowest BCUT2D eigenvalue weighted by Crippen LogP contribution is -2.28. The van der Waals surface area contributed by atoms with E-state index in [2.05, 4.69) is 21.5 Å². The SMILES string of the molecule is CSC1CCC(NCc2nc3sc(C)c(C)c3c(=O)[nH]2)C1. The summed E-state index contributed by atoms with van der Waals surface area (Å²) in [6, 6.07) is 0.551. The topological polar surface area (TPSA) is 57.8 Å². The van der Waals surface area contributed by atoms with E-state index in [-0.39, 0.29) is 5.56 Å². The molecule has 0 radical (unpaired) electrons. The van der Waals surface area contributed by atoms with Crippen LogP contribution in [-0.4, -0.2) is 27.5 Å². The molecule has 2 atom stereocenters. The third kappa shape index (κ3) is 3.03. The van der Waals surface area contributed by atoms with Gasteiger partial charge in [-0.2, -0.15) is 11.8 Å². The van der Waals surface area contributed by atoms with Gasteiger partial charge in [0, 0.05) is 16.2 Å². The van der Waals surface area contributed by atoms with Crippen molar-refractivity contribution in [3.05, 3.63) is 26.6 Å². The summed E-state index contributed by atoms with van der Waals surface area (Å²) in [5.41, 5.74) is 1.05. The average Bonchev–Trinajstić information content (AvgIpc) is 3.02. The largest absolute Gasteiger partial charge is 0.309 e. The molecule has 21 heavy (non-hydrogen) atoms. The van der Waals surface area contributed by atoms with E-state index in [0.29, 0.717) is 12.6 Å². The second-order valence-electron chi connectivity index (χ2n) is 5.72. The van der Waals surface area contributed by atoms with Crippen LogP contribution < -0.4 is 10.9 Å². The van der Waals surface area contributed by atoms with Crippen molar-refractivity contribution < 1.29 is 0 Å². The minimum atomic E-state index is -0.00735. The molecule has 4 nitrogen and oxygen atoms in total. The van der Waals surface area contributed by atoms with Crippen LogP contribution in [0.5, 0.6) is 0 Å². The lowest BCUT2D eigenvalue weighted by molar-refractivity contribution is 0.514. The van der Waals surface area contributed by atoms with Crippen LogP contribution in [0.15, 0.2) is 4.79 Å². The second kappa shape index (κ2) is 6.10. The Hall–Kier alpha value is -0.850. The van der Waals surface area contributed by atoms with E-state index in [0.717, 1.165) is 26.9 Å². The number of nitrogens with zero attached hydrogens (tertiary/aromatic N) is 1. The molecule has 6 heteroatoms. The standard InChI is InChI=1S/C15H21N3OS2/c1-8-9(2)21-15-13(8)14(19)17-12(18-15)7-16-10-4-5-11(6-10)20-3/h10-11,16H,4-7H2,1-3H3,(H,17,18,19). The van der Waals surface area contributed by atoms with Crippen molar-refractivity contribution in [3.8, 4) is 0 Å². The molecule has 0 spiro atoms. The van der Waals surface area contributed by atoms with E-state index < -0.39 is 0 Å². The summed E-state index contributed by atoms with van der Waals surface area (Å²) in [6.45, 7) is 4.68. The van der Waals surface area contributed by atoms with Crippen molar-refractivity contribution in [2.24, 2.45) is 0 Å². The van der Waals surface area contributed by atoms with Crippen molar-refractivity contribution in [2.75, 3.05) is 6.26 Å². The molecule has 0 saturated heterocycles. The van der Waals surface area contributed by atoms with Crippen molar-refractivity contribution in [3.63, 3.8) is 0 Å². The van der Waals surface area contributed by atoms with Gasteiger partial charge in [-0.1, -0.05) is 0 Å². The summed E-state index contributed by atoms with van der Waals surface area (Å²) in [5.74, 6) is 0.751. The number of hydrogen-bond donors (Lipinski definition) is 2. The predicted molar refractivity (Wildman–Crippen MR) is 91.5 cm³/mol. The van der Waals surface area contributed by atoms with Crippen LogP contribution in [0.1, 0.15) is 35.5 Å². The Morgan fingerprint density at radius 3 is 2.95 bits per heavy atom. The van der Waals surface area contributed by atoms with Gasteiger partial charge < -0.3 is 10.3 Å². The minimum Gasteiger partial charge on any atom is -0.309 e. The highest BCUT2D eigenvalue weighted by atomic mass is 32.2. The molecule has 1 aliphatic carbocycles. The molecule has 2 N–H and O–H groups in total. The number of aromatic amines is 1. The van der Waals surface area contributed by atoms with Crippen molar-refractivity contribution in [1.82, 2.24) is 15.3 Å². The number of hydrogen-bond acceptors (Lipinski definition) is 5. The molecule has 2 unspecified atom stereocenters. The van der Waals surface area contributed by atoms with Gasteiger partial charge in [-0.15, -0.1) is 11.3 Å². The molecule has 1 aliphatic rings. The number of fused-ring (bicyclic) bond motifs is 1. The van der Waals surface area contributed by atoms with E-state index in [9.17, 15) is 4.79 Å². The Balaban J connectivity index is 1.75. The van der Waals surface area contributed by atoms with Gasteiger partial charge in [0.2, 0.25) is 0 Å². The number of thioether (sulfide) groups is 1. The zero-order valence-electron chi connectivity index (χ0n) is 12.7. The van der Waals surface area contributed by atoms with Crippen LogP contribution in [0.3, 0.4) is 0 Å². The number of nitrogens with one attached hydrogen (secondary N) is 2. The summed E-state index contributed by atoms with van der Waals surface area (Å²) >= 11 is 3.56. The molecule has 114 valence electrons. The molecule has 1 fully saturated rings. The van der Waals surface area contributed by atoms with Gasteiger partial charge >= 0.3 is 0 Å². The molecule has 0 aromatic carbocycles. The second-order valence-corrected chi connectivity index (χ2v) is 8.07. The first-order valence-corrected chi connectivity index (χ1v) is 9.44. The van der Waals surface area contributed by atoms with Crippen LogP contribution >= 0.6 is 23.1 Å². The fraction of sp³-hybridized carbons (Fsp3) is 0.600. The first-order valence-electron chi connectivity index (χ1n) is 7.33. The fourth-order valence-corrected chi connectivity index (χ4v) is 4.81. The van der Waals surface area contributed by atoms with Gasteiger partial charge in [0.1, 0.15) is 10.7 Å². The van der Waals surface area contributed by atoms with Crippen LogP contribution in [-0.2, 0) is 6.54 Å². The number of aromatic nitrogens is 2. The van der Waals surface area contributed by atoms with Crippen LogP contribution in [0.4, 0.5) is 0 Å². The first kappa shape index (κ1) is 15.1. The Labute approximate surface area is 132 Å². The maximum atomic E-state index is 12.2. The van der Waals surface area contributed by atoms with Crippen molar-refractivity contribution in [1.29, 1.82) is 0 Å². The molecule has 3 rings (SSSR count). The third-order valence-electron chi connectivity index (χ3n) is 4.36. The van der Waals surface area contributed by atoms with E-state index in [4.69, 9.17) is 0 Å². The molecular weight excluding hydrogens is 302 g/mol. The summed E-state index contributed by atoms with van der Waals surface area (Å²) < 4.78 is 0. The number of rotatable bonds is 4. The molecule has 2 heterocycles. The van der Waals surface area contributed by atoms with Gasteiger partial charge in [0.05, 0.1) is 11.9 Å². The Kier molecular flexibility index (Phi) is 4.38. The highest BCUT2D eigenvalue weighted by molar-refractivity contribution is 7.99. The first-order chi connectivity index (χ1) is 10.1. The summed E-state index contributed by atoms with van der Waals surface area (Å²) in [4.78, 5) is 21.8. The Bertz CT molecular complexity index is 707. The summed E-state index contributed by atoms with van der Waals surface area (Å²) in [7, 11) is 0. The molecular formula is C15H21N3OS2. The fourth-order valence-electron chi connectivity index (χ4n) is 2.96. The zero-order valence-corrected chi connectivity index (χ0v) is 14.3. The van der Waals surface area contributed by atoms with Gasteiger partial charge in [-0.3, -0.25) is 4.79 Å². The van der Waals surface area contributed by atoms with E-state index in [1.54, 1.807) is 11.3 Å². The van der Waals surface area contributed by atoms with Gasteiger partial charge in [0.25, 0.3) is 5.56 Å².